The molecule has 0 saturated carbocycles. The fourth-order valence-electron chi connectivity index (χ4n) is 2.96. The Hall–Kier alpha value is -2.12. The number of hydrogen-bond donors (Lipinski definition) is 3. The molecular weight excluding hydrogens is 288 g/mol. The number of hydrogen-bond acceptors (Lipinski definition) is 6. The summed E-state index contributed by atoms with van der Waals surface area (Å²) in [6.07, 6.45) is -1.18. The highest BCUT2D eigenvalue weighted by Gasteiger charge is 2.43. The van der Waals surface area contributed by atoms with Crippen LogP contribution in [0.4, 0.5) is 5.69 Å². The molecule has 7 nitrogen and oxygen atoms in total. The summed E-state index contributed by atoms with van der Waals surface area (Å²) in [5.41, 5.74) is 0.581. The second-order valence-corrected chi connectivity index (χ2v) is 5.36. The van der Waals surface area contributed by atoms with Crippen molar-refractivity contribution in [2.45, 2.75) is 37.6 Å². The van der Waals surface area contributed by atoms with Crippen molar-refractivity contribution in [3.05, 3.63) is 30.3 Å². The van der Waals surface area contributed by atoms with Crippen molar-refractivity contribution in [2.75, 3.05) is 11.5 Å². The summed E-state index contributed by atoms with van der Waals surface area (Å²) >= 11 is 0. The van der Waals surface area contributed by atoms with Gasteiger partial charge in [-0.2, -0.15) is 0 Å². The Morgan fingerprint density at radius 3 is 2.50 bits per heavy atom. The van der Waals surface area contributed by atoms with E-state index in [-0.39, 0.29) is 12.3 Å². The zero-order valence-electron chi connectivity index (χ0n) is 12.2. The van der Waals surface area contributed by atoms with Crippen LogP contribution >= 0.6 is 0 Å². The number of carbonyl (C=O) groups excluding carboxylic acids is 2. The highest BCUT2D eigenvalue weighted by molar-refractivity contribution is 5.78. The second kappa shape index (κ2) is 6.76. The van der Waals surface area contributed by atoms with E-state index in [9.17, 15) is 24.9 Å². The number of anilines is 1. The number of para-hydroxylation sites is 1. The zero-order valence-corrected chi connectivity index (χ0v) is 12.2. The molecule has 1 amide bonds. The Labute approximate surface area is 128 Å². The molecule has 2 rings (SSSR count). The Balaban J connectivity index is 2.42. The lowest BCUT2D eigenvalue weighted by Gasteiger charge is -2.49. The van der Waals surface area contributed by atoms with Crippen molar-refractivity contribution < 1.29 is 24.9 Å². The number of amides is 1. The average Bonchev–Trinajstić information content (AvgIpc) is 2.48. The summed E-state index contributed by atoms with van der Waals surface area (Å²) in [7, 11) is 0. The molecule has 0 radical (unpaired) electrons. The normalized spacial score (nSPS) is 28.2. The predicted molar refractivity (Wildman–Crippen MR) is 76.8 cm³/mol. The van der Waals surface area contributed by atoms with Gasteiger partial charge in [-0.1, -0.05) is 18.2 Å². The lowest BCUT2D eigenvalue weighted by molar-refractivity contribution is -0.308. The molecule has 3 N–H and O–H groups in total. The van der Waals surface area contributed by atoms with E-state index in [4.69, 9.17) is 0 Å². The topological polar surface area (TPSA) is 113 Å². The zero-order chi connectivity index (χ0) is 16.3. The number of rotatable bonds is 4. The summed E-state index contributed by atoms with van der Waals surface area (Å²) < 4.78 is 0. The maximum Gasteiger partial charge on any atom is 0.217 e. The minimum atomic E-state index is -1.33. The van der Waals surface area contributed by atoms with Crippen molar-refractivity contribution in [3.8, 4) is 0 Å². The van der Waals surface area contributed by atoms with E-state index in [1.807, 2.05) is 0 Å². The number of carboxylic acids is 1. The monoisotopic (exact) mass is 307 g/mol. The molecule has 22 heavy (non-hydrogen) atoms. The minimum Gasteiger partial charge on any atom is -0.548 e. The number of nitrogens with zero attached hydrogens (tertiary/aromatic N) is 1. The molecule has 4 atom stereocenters. The molecule has 0 aliphatic carbocycles. The standard InChI is InChI=1S/C15H20N2O5/c1-9(19)16-14-12(8-18)17(10-5-3-2-4-6-10)11(15(21)22)7-13(14)20/h2-6,11-14,18,20H,7-8H2,1H3,(H,16,19)(H,21,22)/p-1/t11-,12-,13-,14-/m0/s1. The van der Waals surface area contributed by atoms with Crippen LogP contribution in [0.3, 0.4) is 0 Å². The maximum absolute atomic E-state index is 11.4. The molecule has 0 aromatic heterocycles. The molecule has 1 saturated heterocycles. The van der Waals surface area contributed by atoms with Crippen molar-refractivity contribution in [3.63, 3.8) is 0 Å². The van der Waals surface area contributed by atoms with Gasteiger partial charge in [-0.25, -0.2) is 0 Å². The SMILES string of the molecule is CC(=O)N[C@@H]1[C@@H](O)C[C@@H](C(=O)[O-])N(c2ccccc2)[C@H]1CO. The molecule has 0 spiro atoms. The van der Waals surface area contributed by atoms with Gasteiger partial charge in [0.2, 0.25) is 5.91 Å². The van der Waals surface area contributed by atoms with E-state index in [0.29, 0.717) is 5.69 Å². The maximum atomic E-state index is 11.4. The predicted octanol–water partition coefficient (Wildman–Crippen LogP) is -1.76. The van der Waals surface area contributed by atoms with Gasteiger partial charge in [-0.15, -0.1) is 0 Å². The minimum absolute atomic E-state index is 0.0985. The number of aliphatic hydroxyl groups is 2. The third-order valence-electron chi connectivity index (χ3n) is 3.87. The number of aliphatic carboxylic acids is 1. The molecule has 0 bridgehead atoms. The second-order valence-electron chi connectivity index (χ2n) is 5.36. The fourth-order valence-corrected chi connectivity index (χ4v) is 2.96. The van der Waals surface area contributed by atoms with E-state index in [1.165, 1.54) is 11.8 Å². The van der Waals surface area contributed by atoms with Gasteiger partial charge < -0.3 is 30.3 Å². The fraction of sp³-hybridized carbons (Fsp3) is 0.467. The van der Waals surface area contributed by atoms with Gasteiger partial charge in [0.15, 0.2) is 0 Å². The molecule has 1 aromatic carbocycles. The van der Waals surface area contributed by atoms with Crippen LogP contribution in [0.5, 0.6) is 0 Å². The van der Waals surface area contributed by atoms with E-state index >= 15 is 0 Å². The molecule has 0 unspecified atom stereocenters. The van der Waals surface area contributed by atoms with Crippen molar-refractivity contribution >= 4 is 17.6 Å². The van der Waals surface area contributed by atoms with Gasteiger partial charge >= 0.3 is 0 Å². The Bertz CT molecular complexity index is 536. The lowest BCUT2D eigenvalue weighted by Crippen LogP contribution is -2.68. The van der Waals surface area contributed by atoms with Gasteiger partial charge in [-0.3, -0.25) is 4.79 Å². The number of aliphatic hydroxyl groups excluding tert-OH is 2. The molecule has 1 fully saturated rings. The number of nitrogens with one attached hydrogen (secondary N) is 1. The highest BCUT2D eigenvalue weighted by atomic mass is 16.4. The molecule has 1 aliphatic heterocycles. The highest BCUT2D eigenvalue weighted by Crippen LogP contribution is 2.29. The van der Waals surface area contributed by atoms with Gasteiger partial charge in [-0.05, 0) is 12.1 Å². The van der Waals surface area contributed by atoms with Crippen LogP contribution in [0, 0.1) is 0 Å². The van der Waals surface area contributed by atoms with Gasteiger partial charge in [0.25, 0.3) is 0 Å². The summed E-state index contributed by atoms with van der Waals surface area (Å²) in [6, 6.07) is 6.08. The van der Waals surface area contributed by atoms with Crippen LogP contribution in [0.15, 0.2) is 30.3 Å². The third-order valence-corrected chi connectivity index (χ3v) is 3.87. The first-order valence-corrected chi connectivity index (χ1v) is 7.06. The number of carboxylic acid groups (broad SMARTS) is 1. The van der Waals surface area contributed by atoms with Crippen LogP contribution < -0.4 is 15.3 Å². The Kier molecular flexibility index (Phi) is 4.99. The molecular formula is C15H19N2O5-. The lowest BCUT2D eigenvalue weighted by atomic mass is 9.87. The largest absolute Gasteiger partial charge is 0.548 e. The van der Waals surface area contributed by atoms with Gasteiger partial charge in [0.1, 0.15) is 0 Å². The van der Waals surface area contributed by atoms with Gasteiger partial charge in [0, 0.05) is 19.0 Å². The van der Waals surface area contributed by atoms with Crippen molar-refractivity contribution in [1.82, 2.24) is 5.32 Å². The number of piperidine rings is 1. The molecule has 7 heteroatoms. The average molecular weight is 307 g/mol. The Morgan fingerprint density at radius 2 is 2.00 bits per heavy atom. The van der Waals surface area contributed by atoms with E-state index < -0.39 is 36.8 Å². The van der Waals surface area contributed by atoms with Crippen LogP contribution in [0.1, 0.15) is 13.3 Å². The summed E-state index contributed by atoms with van der Waals surface area (Å²) in [5.74, 6) is -1.69. The quantitative estimate of drug-likeness (QED) is 0.607. The molecule has 120 valence electrons. The first-order valence-electron chi connectivity index (χ1n) is 7.06. The summed E-state index contributed by atoms with van der Waals surface area (Å²) in [4.78, 5) is 24.3. The third kappa shape index (κ3) is 3.20. The summed E-state index contributed by atoms with van der Waals surface area (Å²) in [5, 5.41) is 33.9. The molecule has 1 heterocycles. The number of carbonyl (C=O) groups is 2. The van der Waals surface area contributed by atoms with Crippen LogP contribution in [0.25, 0.3) is 0 Å². The van der Waals surface area contributed by atoms with E-state index in [1.54, 1.807) is 30.3 Å². The Morgan fingerprint density at radius 1 is 1.36 bits per heavy atom. The first-order chi connectivity index (χ1) is 10.5. The smallest absolute Gasteiger partial charge is 0.217 e. The van der Waals surface area contributed by atoms with Crippen molar-refractivity contribution in [1.29, 1.82) is 0 Å². The van der Waals surface area contributed by atoms with E-state index in [0.717, 1.165) is 0 Å². The first kappa shape index (κ1) is 16.3. The summed E-state index contributed by atoms with van der Waals surface area (Å²) in [6.45, 7) is 0.888. The van der Waals surface area contributed by atoms with Gasteiger partial charge in [0.05, 0.1) is 36.8 Å². The van der Waals surface area contributed by atoms with E-state index in [2.05, 4.69) is 5.32 Å². The molecule has 1 aliphatic rings. The van der Waals surface area contributed by atoms with Crippen LogP contribution in [-0.2, 0) is 9.59 Å². The van der Waals surface area contributed by atoms with Crippen LogP contribution in [0.2, 0.25) is 0 Å². The van der Waals surface area contributed by atoms with Crippen LogP contribution in [-0.4, -0.2) is 52.9 Å². The van der Waals surface area contributed by atoms with Crippen molar-refractivity contribution in [2.24, 2.45) is 0 Å². The number of benzene rings is 1. The molecule has 1 aromatic rings.